The third-order valence-corrected chi connectivity index (χ3v) is 4.47. The number of hydrogen-bond donors (Lipinski definition) is 2. The van der Waals surface area contributed by atoms with Gasteiger partial charge in [-0.3, -0.25) is 14.4 Å². The Morgan fingerprint density at radius 2 is 1.65 bits per heavy atom. The number of nitrogens with one attached hydrogen (secondary N) is 1. The fraction of sp³-hybridized carbons (Fsp3) is 0.824. The number of unbranched alkanes of at least 4 members (excludes halogenated alkanes) is 4. The predicted octanol–water partition coefficient (Wildman–Crippen LogP) is 2.93. The molecule has 0 radical (unpaired) electrons. The predicted molar refractivity (Wildman–Crippen MR) is 93.2 cm³/mol. The van der Waals surface area contributed by atoms with Gasteiger partial charge in [0.25, 0.3) is 0 Å². The summed E-state index contributed by atoms with van der Waals surface area (Å²) in [7, 11) is 0. The van der Waals surface area contributed by atoms with Gasteiger partial charge in [-0.2, -0.15) is 0 Å². The largest absolute Gasteiger partial charge is 0.370 e. The smallest absolute Gasteiger partial charge is 0.220 e. The van der Waals surface area contributed by atoms with Crippen molar-refractivity contribution in [3.8, 4) is 0 Å². The molecule has 3 N–H and O–H groups in total. The Morgan fingerprint density at radius 3 is 2.13 bits per heavy atom. The minimum Gasteiger partial charge on any atom is -0.370 e. The molecule has 0 fully saturated rings. The van der Waals surface area contributed by atoms with Gasteiger partial charge in [0.05, 0.1) is 17.8 Å². The molecule has 0 rings (SSSR count). The summed E-state index contributed by atoms with van der Waals surface area (Å²) in [5.74, 6) is -1.24. The second-order valence-electron chi connectivity index (χ2n) is 7.09. The number of hydrogen-bond acceptors (Lipinski definition) is 3. The molecule has 0 aromatic carbocycles. The summed E-state index contributed by atoms with van der Waals surface area (Å²) < 4.78 is 0. The van der Waals surface area contributed by atoms with Crippen LogP contribution in [0.5, 0.6) is 0 Å². The van der Waals surface area contributed by atoms with Crippen LogP contribution in [0.3, 0.4) is 0 Å². The molecule has 2 atom stereocenters. The highest BCUT2D eigenvalue weighted by atomic mass is 35.5. The highest BCUT2D eigenvalue weighted by molar-refractivity contribution is 6.32. The lowest BCUT2D eigenvalue weighted by molar-refractivity contribution is -0.130. The Hall–Kier alpha value is -1.10. The number of ketones is 1. The molecule has 0 bridgehead atoms. The van der Waals surface area contributed by atoms with Crippen molar-refractivity contribution in [2.24, 2.45) is 11.1 Å². The van der Waals surface area contributed by atoms with Crippen LogP contribution in [0, 0.1) is 5.41 Å². The minimum atomic E-state index is -0.947. The lowest BCUT2D eigenvalue weighted by Crippen LogP contribution is -2.48. The minimum absolute atomic E-state index is 0.223. The summed E-state index contributed by atoms with van der Waals surface area (Å²) in [5.41, 5.74) is 4.73. The average molecular weight is 347 g/mol. The van der Waals surface area contributed by atoms with Crippen LogP contribution in [-0.2, 0) is 14.4 Å². The number of carbonyl (C=O) groups excluding carboxylic acids is 3. The molecule has 0 aliphatic carbocycles. The fourth-order valence-corrected chi connectivity index (χ4v) is 2.34. The van der Waals surface area contributed by atoms with E-state index in [1.54, 1.807) is 0 Å². The maximum atomic E-state index is 12.4. The van der Waals surface area contributed by atoms with Crippen LogP contribution in [0.4, 0.5) is 0 Å². The van der Waals surface area contributed by atoms with Gasteiger partial charge < -0.3 is 11.1 Å². The van der Waals surface area contributed by atoms with Gasteiger partial charge >= 0.3 is 0 Å². The lowest BCUT2D eigenvalue weighted by atomic mass is 9.86. The summed E-state index contributed by atoms with van der Waals surface area (Å²) in [5, 5.41) is 1.82. The fourth-order valence-electron chi connectivity index (χ4n) is 2.18. The SMILES string of the molecule is CCCCCCCC(=O)NC(CC(N)=O)C(=O)[C@@H](Cl)C(C)(C)C. The lowest BCUT2D eigenvalue weighted by Gasteiger charge is -2.27. The van der Waals surface area contributed by atoms with E-state index >= 15 is 0 Å². The summed E-state index contributed by atoms with van der Waals surface area (Å²) in [6, 6.07) is -0.947. The van der Waals surface area contributed by atoms with E-state index in [0.717, 1.165) is 32.1 Å². The Kier molecular flexibility index (Phi) is 10.1. The van der Waals surface area contributed by atoms with E-state index in [9.17, 15) is 14.4 Å². The zero-order valence-electron chi connectivity index (χ0n) is 14.8. The van der Waals surface area contributed by atoms with Crippen molar-refractivity contribution < 1.29 is 14.4 Å². The third-order valence-electron chi connectivity index (χ3n) is 3.60. The van der Waals surface area contributed by atoms with Crippen molar-refractivity contribution in [3.63, 3.8) is 0 Å². The molecule has 1 unspecified atom stereocenters. The monoisotopic (exact) mass is 346 g/mol. The molecule has 134 valence electrons. The highest BCUT2D eigenvalue weighted by Crippen LogP contribution is 2.26. The van der Waals surface area contributed by atoms with Gasteiger partial charge in [0.1, 0.15) is 0 Å². The van der Waals surface area contributed by atoms with Crippen LogP contribution in [0.25, 0.3) is 0 Å². The first-order valence-corrected chi connectivity index (χ1v) is 8.78. The first-order valence-electron chi connectivity index (χ1n) is 8.35. The first-order chi connectivity index (χ1) is 10.6. The second kappa shape index (κ2) is 10.6. The molecule has 0 saturated heterocycles. The first kappa shape index (κ1) is 21.9. The number of amides is 2. The van der Waals surface area contributed by atoms with Gasteiger partial charge in [0, 0.05) is 6.42 Å². The summed E-state index contributed by atoms with van der Waals surface area (Å²) in [4.78, 5) is 35.6. The van der Waals surface area contributed by atoms with Crippen molar-refractivity contribution in [1.82, 2.24) is 5.32 Å². The quantitative estimate of drug-likeness (QED) is 0.445. The molecule has 2 amide bonds. The van der Waals surface area contributed by atoms with E-state index in [2.05, 4.69) is 12.2 Å². The zero-order valence-corrected chi connectivity index (χ0v) is 15.5. The molecule has 0 saturated carbocycles. The third kappa shape index (κ3) is 9.59. The summed E-state index contributed by atoms with van der Waals surface area (Å²) in [6.45, 7) is 7.63. The molecule has 0 aliphatic rings. The Balaban J connectivity index is 4.58. The van der Waals surface area contributed by atoms with Crippen molar-refractivity contribution in [3.05, 3.63) is 0 Å². The highest BCUT2D eigenvalue weighted by Gasteiger charge is 2.35. The zero-order chi connectivity index (χ0) is 18.0. The molecular weight excluding hydrogens is 316 g/mol. The maximum Gasteiger partial charge on any atom is 0.220 e. The molecule has 0 heterocycles. The van der Waals surface area contributed by atoms with Gasteiger partial charge in [-0.05, 0) is 11.8 Å². The molecule has 0 aromatic rings. The molecule has 5 nitrogen and oxygen atoms in total. The van der Waals surface area contributed by atoms with Crippen LogP contribution in [0.1, 0.15) is 72.6 Å². The topological polar surface area (TPSA) is 89.3 Å². The Bertz CT molecular complexity index is 405. The van der Waals surface area contributed by atoms with Gasteiger partial charge in [-0.1, -0.05) is 53.4 Å². The number of carbonyl (C=O) groups is 3. The van der Waals surface area contributed by atoms with Crippen LogP contribution in [0.15, 0.2) is 0 Å². The average Bonchev–Trinajstić information content (AvgIpc) is 2.43. The molecule has 0 spiro atoms. The van der Waals surface area contributed by atoms with E-state index in [-0.39, 0.29) is 18.1 Å². The summed E-state index contributed by atoms with van der Waals surface area (Å²) in [6.07, 6.45) is 5.27. The van der Waals surface area contributed by atoms with Gasteiger partial charge in [-0.15, -0.1) is 11.6 Å². The van der Waals surface area contributed by atoms with E-state index in [0.29, 0.717) is 6.42 Å². The Morgan fingerprint density at radius 1 is 1.09 bits per heavy atom. The van der Waals surface area contributed by atoms with Crippen LogP contribution in [-0.4, -0.2) is 29.0 Å². The van der Waals surface area contributed by atoms with E-state index in [1.165, 1.54) is 0 Å². The second-order valence-corrected chi connectivity index (χ2v) is 7.52. The Labute approximate surface area is 144 Å². The van der Waals surface area contributed by atoms with E-state index < -0.39 is 22.7 Å². The van der Waals surface area contributed by atoms with Crippen molar-refractivity contribution >= 4 is 29.2 Å². The number of nitrogens with two attached hydrogens (primary N) is 1. The van der Waals surface area contributed by atoms with Crippen molar-refractivity contribution in [2.75, 3.05) is 0 Å². The number of halogens is 1. The van der Waals surface area contributed by atoms with Crippen molar-refractivity contribution in [1.29, 1.82) is 0 Å². The van der Waals surface area contributed by atoms with E-state index in [4.69, 9.17) is 17.3 Å². The molecular formula is C17H31ClN2O3. The standard InChI is InChI=1S/C17H31ClN2O3/c1-5-6-7-8-9-10-14(22)20-12(11-13(19)21)15(23)16(18)17(2,3)4/h12,16H,5-11H2,1-4H3,(H2,19,21)(H,20,22)/t12?,16-/m1/s1. The number of primary amides is 1. The van der Waals surface area contributed by atoms with Crippen LogP contribution < -0.4 is 11.1 Å². The number of Topliss-reactive ketones (excluding diaryl/α,β-unsaturated/α-hetero) is 1. The van der Waals surface area contributed by atoms with Gasteiger partial charge in [-0.25, -0.2) is 0 Å². The van der Waals surface area contributed by atoms with Gasteiger partial charge in [0.15, 0.2) is 5.78 Å². The van der Waals surface area contributed by atoms with Crippen LogP contribution in [0.2, 0.25) is 0 Å². The molecule has 0 aromatic heterocycles. The van der Waals surface area contributed by atoms with E-state index in [1.807, 2.05) is 20.8 Å². The number of alkyl halides is 1. The molecule has 0 aliphatic heterocycles. The number of rotatable bonds is 11. The summed E-state index contributed by atoms with van der Waals surface area (Å²) >= 11 is 6.18. The molecule has 23 heavy (non-hydrogen) atoms. The normalized spacial score (nSPS) is 14.1. The molecule has 6 heteroatoms. The van der Waals surface area contributed by atoms with Crippen molar-refractivity contribution in [2.45, 2.75) is 84.1 Å². The van der Waals surface area contributed by atoms with Crippen LogP contribution >= 0.6 is 11.6 Å². The maximum absolute atomic E-state index is 12.4. The van der Waals surface area contributed by atoms with Gasteiger partial charge in [0.2, 0.25) is 11.8 Å².